The van der Waals surface area contributed by atoms with Gasteiger partial charge in [-0.05, 0) is 132 Å². The Hall–Kier alpha value is -7.01. The van der Waals surface area contributed by atoms with E-state index in [9.17, 15) is 41.9 Å². The lowest BCUT2D eigenvalue weighted by Gasteiger charge is -2.54. The van der Waals surface area contributed by atoms with Crippen molar-refractivity contribution in [1.82, 2.24) is 60.0 Å². The zero-order chi connectivity index (χ0) is 79.5. The average molecular weight is 1520 g/mol. The van der Waals surface area contributed by atoms with Crippen LogP contribution in [0.2, 0.25) is 0 Å². The Labute approximate surface area is 629 Å². The predicted molar refractivity (Wildman–Crippen MR) is 390 cm³/mol. The summed E-state index contributed by atoms with van der Waals surface area (Å²) in [6, 6.07) is -10.6. The summed E-state index contributed by atoms with van der Waals surface area (Å²) in [6.07, 6.45) is -3.66. The molecule has 0 aromatic carbocycles. The quantitative estimate of drug-likeness (QED) is 0.122. The van der Waals surface area contributed by atoms with E-state index in [2.05, 4.69) is 22.9 Å². The van der Waals surface area contributed by atoms with E-state index in [1.165, 1.54) is 83.6 Å². The zero-order valence-corrected chi connectivity index (χ0v) is 66.0. The molecule has 107 heavy (non-hydrogen) atoms. The van der Waals surface area contributed by atoms with Crippen LogP contribution in [0.5, 0.6) is 0 Å². The maximum absolute atomic E-state index is 15.8. The fraction of sp³-hybridized carbons (Fsp3) is 0.818. The molecule has 7 rings (SSSR count). The molecule has 30 heteroatoms. The summed E-state index contributed by atoms with van der Waals surface area (Å²) in [5.74, 6) is -12.6. The number of ether oxygens (including phenoxy) is 1. The van der Waals surface area contributed by atoms with Gasteiger partial charge in [-0.15, -0.1) is 0 Å². The van der Waals surface area contributed by atoms with E-state index in [1.54, 1.807) is 19.9 Å². The number of hydrogen-bond donors (Lipinski definition) is 3. The molecular formula is C77H123F5N12O13. The lowest BCUT2D eigenvalue weighted by molar-refractivity contribution is -0.219. The Morgan fingerprint density at radius 3 is 1.88 bits per heavy atom. The highest BCUT2D eigenvalue weighted by atomic mass is 19.4. The van der Waals surface area contributed by atoms with Crippen LogP contribution >= 0.6 is 0 Å². The Bertz CT molecular complexity index is 3180. The van der Waals surface area contributed by atoms with Crippen LogP contribution in [0.4, 0.5) is 22.0 Å². The first-order chi connectivity index (χ1) is 50.2. The third-order valence-electron chi connectivity index (χ3n) is 23.8. The van der Waals surface area contributed by atoms with E-state index >= 15 is 37.5 Å². The van der Waals surface area contributed by atoms with Gasteiger partial charge in [-0.3, -0.25) is 57.5 Å². The van der Waals surface area contributed by atoms with E-state index in [0.29, 0.717) is 44.4 Å². The molecule has 0 aromatic heterocycles. The first kappa shape index (κ1) is 87.2. The third kappa shape index (κ3) is 21.5. The molecule has 2 bridgehead atoms. The van der Waals surface area contributed by atoms with Gasteiger partial charge in [-0.1, -0.05) is 98.6 Å². The summed E-state index contributed by atoms with van der Waals surface area (Å²) in [6.45, 7) is 13.4. The minimum absolute atomic E-state index is 0.0110. The van der Waals surface area contributed by atoms with Crippen LogP contribution in [0.3, 0.4) is 0 Å². The summed E-state index contributed by atoms with van der Waals surface area (Å²) in [7, 11) is 9.95. The second kappa shape index (κ2) is 37.6. The normalized spacial score (nSPS) is 32.2. The number of halogens is 5. The molecule has 4 aliphatic carbocycles. The van der Waals surface area contributed by atoms with E-state index in [-0.39, 0.29) is 89.4 Å². The van der Waals surface area contributed by atoms with Crippen molar-refractivity contribution in [3.8, 4) is 0 Å². The zero-order valence-electron chi connectivity index (χ0n) is 66.0. The first-order valence-corrected chi connectivity index (χ1v) is 39.1. The van der Waals surface area contributed by atoms with Gasteiger partial charge >= 0.3 is 6.18 Å². The van der Waals surface area contributed by atoms with Crippen LogP contribution in [-0.4, -0.2) is 282 Å². The predicted octanol–water partition coefficient (Wildman–Crippen LogP) is 6.59. The molecule has 12 amide bonds. The molecule has 3 heterocycles. The number of carbonyl (C=O) groups is 12. The lowest BCUT2D eigenvalue weighted by Crippen LogP contribution is -2.71. The van der Waals surface area contributed by atoms with Crippen molar-refractivity contribution >= 4 is 70.9 Å². The number of rotatable bonds is 14. The number of likely N-dealkylation sites (N-methyl/N-ethyl adjacent to an activating group) is 7. The molecule has 6 fully saturated rings. The van der Waals surface area contributed by atoms with Crippen molar-refractivity contribution in [2.45, 2.75) is 275 Å². The summed E-state index contributed by atoms with van der Waals surface area (Å²) in [5, 5.41) is 8.66. The molecule has 25 nitrogen and oxygen atoms in total. The molecule has 11 atom stereocenters. The van der Waals surface area contributed by atoms with Crippen molar-refractivity contribution < 1.29 is 84.2 Å². The molecule has 2 unspecified atom stereocenters. The van der Waals surface area contributed by atoms with Gasteiger partial charge in [0.05, 0.1) is 25.6 Å². The molecule has 3 N–H and O–H groups in total. The molecule has 0 radical (unpaired) electrons. The van der Waals surface area contributed by atoms with Gasteiger partial charge in [0.15, 0.2) is 0 Å². The van der Waals surface area contributed by atoms with Crippen molar-refractivity contribution in [3.05, 3.63) is 12.2 Å². The van der Waals surface area contributed by atoms with Crippen LogP contribution in [0.25, 0.3) is 0 Å². The largest absolute Gasteiger partial charge is 0.397 e. The molecule has 604 valence electrons. The summed E-state index contributed by atoms with van der Waals surface area (Å²) < 4.78 is 79.1. The fourth-order valence-corrected chi connectivity index (χ4v) is 17.9. The average Bonchev–Trinajstić information content (AvgIpc) is 1.55. The highest BCUT2D eigenvalue weighted by Crippen LogP contribution is 2.50. The number of nitrogens with zero attached hydrogens (tertiary/aromatic N) is 9. The van der Waals surface area contributed by atoms with Gasteiger partial charge in [0.1, 0.15) is 72.1 Å². The molecule has 2 saturated heterocycles. The Kier molecular flexibility index (Phi) is 30.7. The van der Waals surface area contributed by atoms with Crippen molar-refractivity contribution in [2.75, 3.05) is 88.7 Å². The number of carbonyl (C=O) groups excluding carboxylic acids is 12. The lowest BCUT2D eigenvalue weighted by atomic mass is 9.58. The second-order valence-corrected chi connectivity index (χ2v) is 33.3. The van der Waals surface area contributed by atoms with Gasteiger partial charge in [-0.2, -0.15) is 13.2 Å². The van der Waals surface area contributed by atoms with E-state index in [4.69, 9.17) is 4.74 Å². The Balaban J connectivity index is 1.34. The highest BCUT2D eigenvalue weighted by Gasteiger charge is 2.60. The minimum Gasteiger partial charge on any atom is -0.377 e. The van der Waals surface area contributed by atoms with Gasteiger partial charge in [0.25, 0.3) is 0 Å². The number of hydrogen-bond acceptors (Lipinski definition) is 13. The number of fused-ring (bicyclic) bond motifs is 3. The SMILES string of the molecule is CCC[C@H]1C(=O)N[C@@H](CC(C)C)C(=O)N(CC)CC(=O)N(C)[C@H]2C/C=C\CCN(C2=O)[C@@H](CC2CCC(C)CC2)C(=O)N(C)CC(=O)N[C@@H](CCC2CC(F)C(C(F)(F)F)C(F)C2)C(=O)N2C[C@H](OCC)C[C@H]2C(=O)NC2(CC(C)(C)C2)C(=O)N(C)[C@@H](C2CCCC2)C(=O)N(C)[C@H](C(=O)N(C)C)CC(=O)N1C. The Morgan fingerprint density at radius 2 is 1.31 bits per heavy atom. The smallest absolute Gasteiger partial charge is 0.377 e. The molecule has 4 saturated carbocycles. The van der Waals surface area contributed by atoms with Gasteiger partial charge < -0.3 is 64.8 Å². The third-order valence-corrected chi connectivity index (χ3v) is 23.8. The van der Waals surface area contributed by atoms with Crippen LogP contribution in [0.1, 0.15) is 197 Å². The van der Waals surface area contributed by atoms with Crippen LogP contribution in [0, 0.1) is 40.9 Å². The van der Waals surface area contributed by atoms with Crippen LogP contribution in [0.15, 0.2) is 12.2 Å². The van der Waals surface area contributed by atoms with E-state index in [0.717, 1.165) is 35.5 Å². The first-order valence-electron chi connectivity index (χ1n) is 39.1. The standard InChI is InChI=1S/C77H123F5N12O13/c1-16-24-56-66(98)84-55(35-46(4)5)68(100)92(17-2)43-63(97)89(13)57-27-20-19-23-34-93(72(57)104)60(38-48-30-28-47(6)29-31-48)71(103)87(11)42-61(95)83-54(33-32-49-36-52(78)64(53(79)37-49)77(80,81)82)69(101)94-41-51(107-18-3)39-58(94)67(99)85-76(44-75(7,8)45-76)74(106)91(15)65(50-25-21-22-26-50)73(105)90(14)59(70(102)86(9)10)40-62(96)88(56)12/h19-20,46-60,64-65H,16-18,21-45H2,1-15H3,(H,83,95)(H,84,98)(H,85,99)/b20-19-/t47?,48?,49?,51-,52?,53?,54+,55+,56+,57+,58+,59+,60+,64?,65+/m1/s1. The molecular weight excluding hydrogens is 1400 g/mol. The molecule has 7 aliphatic rings. The molecule has 0 aromatic rings. The molecule has 3 aliphatic heterocycles. The van der Waals surface area contributed by atoms with E-state index in [1.807, 2.05) is 40.7 Å². The van der Waals surface area contributed by atoms with E-state index < -0.39 is 211 Å². The number of alkyl halides is 5. The number of amides is 12. The van der Waals surface area contributed by atoms with Crippen LogP contribution < -0.4 is 16.0 Å². The fourth-order valence-electron chi connectivity index (χ4n) is 17.9. The maximum Gasteiger partial charge on any atom is 0.397 e. The maximum atomic E-state index is 15.8. The second-order valence-electron chi connectivity index (χ2n) is 33.3. The van der Waals surface area contributed by atoms with Crippen molar-refractivity contribution in [3.63, 3.8) is 0 Å². The Morgan fingerprint density at radius 1 is 0.673 bits per heavy atom. The monoisotopic (exact) mass is 1520 g/mol. The molecule has 1 spiro atoms. The minimum atomic E-state index is -5.18. The van der Waals surface area contributed by atoms with Crippen molar-refractivity contribution in [1.29, 1.82) is 0 Å². The highest BCUT2D eigenvalue weighted by molar-refractivity contribution is 6.01. The van der Waals surface area contributed by atoms with Crippen molar-refractivity contribution in [2.24, 2.45) is 40.9 Å². The topological polar surface area (TPSA) is 279 Å². The van der Waals surface area contributed by atoms with Gasteiger partial charge in [0, 0.05) is 82.0 Å². The van der Waals surface area contributed by atoms with Crippen LogP contribution in [-0.2, 0) is 62.3 Å². The number of nitrogens with one attached hydrogen (secondary N) is 3. The summed E-state index contributed by atoms with van der Waals surface area (Å²) in [4.78, 5) is 193. The summed E-state index contributed by atoms with van der Waals surface area (Å²) >= 11 is 0. The van der Waals surface area contributed by atoms with Gasteiger partial charge in [0.2, 0.25) is 70.9 Å². The van der Waals surface area contributed by atoms with Gasteiger partial charge in [-0.25, -0.2) is 8.78 Å². The summed E-state index contributed by atoms with van der Waals surface area (Å²) in [5.41, 5.74) is -2.28.